The Morgan fingerprint density at radius 1 is 1.39 bits per heavy atom. The summed E-state index contributed by atoms with van der Waals surface area (Å²) in [6.45, 7) is 4.17. The van der Waals surface area contributed by atoms with Crippen LogP contribution in [-0.2, 0) is 11.3 Å². The van der Waals surface area contributed by atoms with Gasteiger partial charge >= 0.3 is 0 Å². The average molecular weight is 247 g/mol. The van der Waals surface area contributed by atoms with Gasteiger partial charge in [0.15, 0.2) is 0 Å². The van der Waals surface area contributed by atoms with Gasteiger partial charge in [-0.05, 0) is 13.0 Å². The zero-order valence-electron chi connectivity index (χ0n) is 10.6. The van der Waals surface area contributed by atoms with E-state index in [1.807, 2.05) is 17.7 Å². The quantitative estimate of drug-likeness (QED) is 0.836. The zero-order valence-corrected chi connectivity index (χ0v) is 10.6. The zero-order chi connectivity index (χ0) is 12.8. The van der Waals surface area contributed by atoms with Gasteiger partial charge in [0.25, 0.3) is 0 Å². The lowest BCUT2D eigenvalue weighted by atomic mass is 10.3. The van der Waals surface area contributed by atoms with Gasteiger partial charge < -0.3 is 10.1 Å². The number of nitrogens with zero attached hydrogens (tertiary/aromatic N) is 4. The molecule has 0 bridgehead atoms. The number of anilines is 1. The molecule has 0 amide bonds. The van der Waals surface area contributed by atoms with Crippen molar-refractivity contribution in [2.24, 2.45) is 0 Å². The first kappa shape index (κ1) is 12.5. The summed E-state index contributed by atoms with van der Waals surface area (Å²) in [6.07, 6.45) is 5.20. The maximum absolute atomic E-state index is 5.06. The van der Waals surface area contributed by atoms with Crippen molar-refractivity contribution >= 4 is 5.82 Å². The average Bonchev–Trinajstić information content (AvgIpc) is 2.85. The molecular formula is C12H17N5O. The fourth-order valence-electron chi connectivity index (χ4n) is 1.66. The predicted octanol–water partition coefficient (Wildman–Crippen LogP) is 1.42. The van der Waals surface area contributed by atoms with Crippen LogP contribution in [0.2, 0.25) is 0 Å². The first-order chi connectivity index (χ1) is 8.85. The second-order valence-electron chi connectivity index (χ2n) is 3.75. The third-order valence-corrected chi connectivity index (χ3v) is 2.48. The van der Waals surface area contributed by atoms with E-state index in [4.69, 9.17) is 4.74 Å². The lowest BCUT2D eigenvalue weighted by Crippen LogP contribution is -2.08. The molecular weight excluding hydrogens is 230 g/mol. The molecule has 0 saturated heterocycles. The second kappa shape index (κ2) is 6.11. The molecule has 6 heteroatoms. The first-order valence-electron chi connectivity index (χ1n) is 5.92. The van der Waals surface area contributed by atoms with Crippen LogP contribution in [0.25, 0.3) is 11.4 Å². The number of hydrogen-bond donors (Lipinski definition) is 1. The summed E-state index contributed by atoms with van der Waals surface area (Å²) in [5.41, 5.74) is 1.75. The molecule has 0 aliphatic heterocycles. The Kier molecular flexibility index (Phi) is 4.25. The molecule has 0 atom stereocenters. The van der Waals surface area contributed by atoms with Crippen molar-refractivity contribution in [1.29, 1.82) is 0 Å². The van der Waals surface area contributed by atoms with Crippen LogP contribution in [0.1, 0.15) is 6.92 Å². The predicted molar refractivity (Wildman–Crippen MR) is 69.3 cm³/mol. The van der Waals surface area contributed by atoms with Gasteiger partial charge in [-0.1, -0.05) is 0 Å². The number of hydrogen-bond acceptors (Lipinski definition) is 5. The number of ether oxygens (including phenoxy) is 1. The van der Waals surface area contributed by atoms with Crippen LogP contribution in [0, 0.1) is 0 Å². The summed E-state index contributed by atoms with van der Waals surface area (Å²) >= 11 is 0. The van der Waals surface area contributed by atoms with Gasteiger partial charge in [0.1, 0.15) is 11.5 Å². The summed E-state index contributed by atoms with van der Waals surface area (Å²) in [5.74, 6) is 0.773. The normalized spacial score (nSPS) is 10.6. The molecule has 0 fully saturated rings. The summed E-state index contributed by atoms with van der Waals surface area (Å²) in [5, 5.41) is 7.40. The van der Waals surface area contributed by atoms with E-state index >= 15 is 0 Å². The largest absolute Gasteiger partial charge is 0.383 e. The molecule has 2 aromatic rings. The maximum atomic E-state index is 5.06. The molecule has 2 heterocycles. The molecule has 2 rings (SSSR count). The summed E-state index contributed by atoms with van der Waals surface area (Å²) < 4.78 is 6.92. The van der Waals surface area contributed by atoms with Crippen molar-refractivity contribution < 1.29 is 4.74 Å². The molecule has 0 aromatic carbocycles. The molecule has 0 unspecified atom stereocenters. The van der Waals surface area contributed by atoms with Crippen LogP contribution in [0.15, 0.2) is 24.7 Å². The van der Waals surface area contributed by atoms with Gasteiger partial charge in [0.05, 0.1) is 31.2 Å². The van der Waals surface area contributed by atoms with Crippen molar-refractivity contribution in [3.63, 3.8) is 0 Å². The molecule has 18 heavy (non-hydrogen) atoms. The highest BCUT2D eigenvalue weighted by Gasteiger charge is 2.07. The minimum Gasteiger partial charge on any atom is -0.383 e. The molecule has 6 nitrogen and oxygen atoms in total. The van der Waals surface area contributed by atoms with E-state index in [1.165, 1.54) is 0 Å². The van der Waals surface area contributed by atoms with Crippen LogP contribution in [0.4, 0.5) is 5.82 Å². The van der Waals surface area contributed by atoms with Crippen LogP contribution in [0.3, 0.4) is 0 Å². The molecule has 0 radical (unpaired) electrons. The highest BCUT2D eigenvalue weighted by atomic mass is 16.5. The van der Waals surface area contributed by atoms with Crippen LogP contribution >= 0.6 is 0 Å². The van der Waals surface area contributed by atoms with Gasteiger partial charge in [-0.2, -0.15) is 5.10 Å². The summed E-state index contributed by atoms with van der Waals surface area (Å²) in [6, 6.07) is 1.93. The van der Waals surface area contributed by atoms with E-state index in [0.29, 0.717) is 13.2 Å². The van der Waals surface area contributed by atoms with Crippen molar-refractivity contribution in [3.8, 4) is 11.4 Å². The van der Waals surface area contributed by atoms with Gasteiger partial charge in [-0.25, -0.2) is 4.98 Å². The van der Waals surface area contributed by atoms with E-state index in [1.54, 1.807) is 25.7 Å². The Morgan fingerprint density at radius 2 is 2.28 bits per heavy atom. The van der Waals surface area contributed by atoms with Gasteiger partial charge in [0, 0.05) is 19.9 Å². The van der Waals surface area contributed by atoms with Crippen molar-refractivity contribution in [2.45, 2.75) is 13.5 Å². The van der Waals surface area contributed by atoms with Gasteiger partial charge in [-0.3, -0.25) is 9.67 Å². The minimum atomic E-state index is 0.620. The molecule has 96 valence electrons. The first-order valence-corrected chi connectivity index (χ1v) is 5.92. The molecule has 1 N–H and O–H groups in total. The SMILES string of the molecule is CCNc1cncc(-c2ccnn2CCOC)n1. The van der Waals surface area contributed by atoms with E-state index in [2.05, 4.69) is 20.4 Å². The lowest BCUT2D eigenvalue weighted by Gasteiger charge is -2.07. The van der Waals surface area contributed by atoms with E-state index in [-0.39, 0.29) is 0 Å². The highest BCUT2D eigenvalue weighted by molar-refractivity contribution is 5.55. The second-order valence-corrected chi connectivity index (χ2v) is 3.75. The maximum Gasteiger partial charge on any atom is 0.145 e. The van der Waals surface area contributed by atoms with E-state index in [9.17, 15) is 0 Å². The fourth-order valence-corrected chi connectivity index (χ4v) is 1.66. The lowest BCUT2D eigenvalue weighted by molar-refractivity contribution is 0.184. The van der Waals surface area contributed by atoms with E-state index < -0.39 is 0 Å². The van der Waals surface area contributed by atoms with Crippen LogP contribution in [-0.4, -0.2) is 40.0 Å². The Morgan fingerprint density at radius 3 is 3.06 bits per heavy atom. The Balaban J connectivity index is 2.24. The van der Waals surface area contributed by atoms with Crippen molar-refractivity contribution in [2.75, 3.05) is 25.6 Å². The third kappa shape index (κ3) is 2.84. The molecule has 0 spiro atoms. The number of rotatable bonds is 6. The summed E-state index contributed by atoms with van der Waals surface area (Å²) in [4.78, 5) is 8.68. The minimum absolute atomic E-state index is 0.620. The van der Waals surface area contributed by atoms with Crippen molar-refractivity contribution in [1.82, 2.24) is 19.7 Å². The van der Waals surface area contributed by atoms with Gasteiger partial charge in [-0.15, -0.1) is 0 Å². The topological polar surface area (TPSA) is 64.9 Å². The smallest absolute Gasteiger partial charge is 0.145 e. The van der Waals surface area contributed by atoms with Crippen LogP contribution in [0.5, 0.6) is 0 Å². The van der Waals surface area contributed by atoms with Gasteiger partial charge in [0.2, 0.25) is 0 Å². The number of aromatic nitrogens is 4. The number of nitrogens with one attached hydrogen (secondary N) is 1. The fraction of sp³-hybridized carbons (Fsp3) is 0.417. The standard InChI is InChI=1S/C12H17N5O/c1-3-14-12-9-13-8-10(16-12)11-4-5-15-17(11)6-7-18-2/h4-5,8-9H,3,6-7H2,1-2H3,(H,14,16). The van der Waals surface area contributed by atoms with Crippen LogP contribution < -0.4 is 5.32 Å². The molecule has 0 aliphatic rings. The summed E-state index contributed by atoms with van der Waals surface area (Å²) in [7, 11) is 1.68. The Labute approximate surface area is 106 Å². The number of methoxy groups -OCH3 is 1. The highest BCUT2D eigenvalue weighted by Crippen LogP contribution is 2.17. The molecule has 2 aromatic heterocycles. The Bertz CT molecular complexity index is 497. The monoisotopic (exact) mass is 247 g/mol. The van der Waals surface area contributed by atoms with E-state index in [0.717, 1.165) is 23.8 Å². The molecule has 0 saturated carbocycles. The Hall–Kier alpha value is -1.95. The molecule has 0 aliphatic carbocycles. The van der Waals surface area contributed by atoms with Crippen molar-refractivity contribution in [3.05, 3.63) is 24.7 Å². The third-order valence-electron chi connectivity index (χ3n) is 2.48.